The van der Waals surface area contributed by atoms with E-state index >= 15 is 0 Å². The Kier molecular flexibility index (Phi) is 4.01. The molecule has 0 aliphatic heterocycles. The third kappa shape index (κ3) is 2.91. The van der Waals surface area contributed by atoms with E-state index in [0.29, 0.717) is 16.3 Å². The molecule has 0 saturated carbocycles. The lowest BCUT2D eigenvalue weighted by atomic mass is 10.2. The average molecular weight is 262 g/mol. The fourth-order valence-corrected chi connectivity index (χ4v) is 1.99. The summed E-state index contributed by atoms with van der Waals surface area (Å²) >= 11 is 1.33. The zero-order valence-electron chi connectivity index (χ0n) is 9.30. The van der Waals surface area contributed by atoms with Gasteiger partial charge in [0.1, 0.15) is 4.88 Å². The van der Waals surface area contributed by atoms with E-state index in [1.54, 1.807) is 6.07 Å². The third-order valence-corrected chi connectivity index (χ3v) is 2.91. The molecular weight excluding hydrogens is 252 g/mol. The van der Waals surface area contributed by atoms with E-state index in [4.69, 9.17) is 5.73 Å². The number of carbonyl (C=O) groups excluding carboxylic acids is 1. The predicted octanol–water partition coefficient (Wildman–Crippen LogP) is -0.499. The Balaban J connectivity index is 2.02. The minimum absolute atomic E-state index is 0.212. The molecule has 92 valence electrons. The highest BCUT2D eigenvalue weighted by Crippen LogP contribution is 2.15. The highest BCUT2D eigenvalue weighted by atomic mass is 32.1. The maximum Gasteiger partial charge on any atom is 0.263 e. The second-order valence-corrected chi connectivity index (χ2v) is 4.10. The lowest BCUT2D eigenvalue weighted by Crippen LogP contribution is -2.23. The van der Waals surface area contributed by atoms with E-state index in [0.717, 1.165) is 0 Å². The maximum absolute atomic E-state index is 11.9. The van der Waals surface area contributed by atoms with Gasteiger partial charge < -0.3 is 11.1 Å². The summed E-state index contributed by atoms with van der Waals surface area (Å²) < 4.78 is 0. The first-order chi connectivity index (χ1) is 8.81. The zero-order chi connectivity index (χ0) is 12.8. The Labute approximate surface area is 107 Å². The number of rotatable bonds is 3. The number of nitrogens with zero attached hydrogens (tertiary/aromatic N) is 3. The van der Waals surface area contributed by atoms with Gasteiger partial charge in [-0.1, -0.05) is 17.1 Å². The van der Waals surface area contributed by atoms with Crippen molar-refractivity contribution >= 4 is 17.2 Å². The molecule has 4 N–H and O–H groups in total. The van der Waals surface area contributed by atoms with E-state index in [-0.39, 0.29) is 19.0 Å². The van der Waals surface area contributed by atoms with E-state index < -0.39 is 0 Å². The highest BCUT2D eigenvalue weighted by Gasteiger charge is 2.12. The molecular formula is C10H10N6OS. The van der Waals surface area contributed by atoms with Crippen LogP contribution in [0.15, 0.2) is 11.4 Å². The first-order valence-corrected chi connectivity index (χ1v) is 5.96. The number of nitrogens with one attached hydrogen (secondary N) is 2. The summed E-state index contributed by atoms with van der Waals surface area (Å²) in [6.07, 6.45) is 0. The van der Waals surface area contributed by atoms with Crippen LogP contribution in [0.4, 0.5) is 0 Å². The molecule has 2 aromatic heterocycles. The van der Waals surface area contributed by atoms with Gasteiger partial charge in [-0.2, -0.15) is 5.21 Å². The number of tetrazole rings is 1. The molecule has 0 aliphatic carbocycles. The van der Waals surface area contributed by atoms with Crippen molar-refractivity contribution in [1.82, 2.24) is 25.9 Å². The summed E-state index contributed by atoms with van der Waals surface area (Å²) in [7, 11) is 0. The van der Waals surface area contributed by atoms with Crippen molar-refractivity contribution in [2.45, 2.75) is 6.54 Å². The van der Waals surface area contributed by atoms with Crippen molar-refractivity contribution in [3.05, 3.63) is 27.7 Å². The largest absolute Gasteiger partial charge is 0.344 e. The van der Waals surface area contributed by atoms with Gasteiger partial charge >= 0.3 is 0 Å². The van der Waals surface area contributed by atoms with Crippen LogP contribution in [0.5, 0.6) is 0 Å². The Morgan fingerprint density at radius 3 is 3.22 bits per heavy atom. The smallest absolute Gasteiger partial charge is 0.263 e. The molecule has 0 saturated heterocycles. The molecule has 2 aromatic rings. The standard InChI is InChI=1S/C10H10N6OS/c11-4-1-2-7-3-5-18-9(7)10(17)12-6-8-13-15-16-14-8/h3,5H,4,6,11H2,(H,12,17)(H,13,14,15,16). The fourth-order valence-electron chi connectivity index (χ4n) is 1.23. The first kappa shape index (κ1) is 12.2. The van der Waals surface area contributed by atoms with Crippen molar-refractivity contribution in [2.24, 2.45) is 5.73 Å². The predicted molar refractivity (Wildman–Crippen MR) is 65.6 cm³/mol. The topological polar surface area (TPSA) is 110 Å². The molecule has 0 fully saturated rings. The van der Waals surface area contributed by atoms with Crippen LogP contribution in [0.25, 0.3) is 0 Å². The molecule has 0 radical (unpaired) electrons. The summed E-state index contributed by atoms with van der Waals surface area (Å²) in [5.41, 5.74) is 5.97. The van der Waals surface area contributed by atoms with Gasteiger partial charge in [0.05, 0.1) is 13.1 Å². The van der Waals surface area contributed by atoms with Crippen LogP contribution in [0, 0.1) is 11.8 Å². The van der Waals surface area contributed by atoms with E-state index in [9.17, 15) is 4.79 Å². The molecule has 18 heavy (non-hydrogen) atoms. The molecule has 0 bridgehead atoms. The second kappa shape index (κ2) is 5.90. The SMILES string of the molecule is NCC#Cc1ccsc1C(=O)NCc1nn[nH]n1. The summed E-state index contributed by atoms with van der Waals surface area (Å²) in [5, 5.41) is 17.7. The van der Waals surface area contributed by atoms with E-state index in [2.05, 4.69) is 37.8 Å². The van der Waals surface area contributed by atoms with Crippen molar-refractivity contribution in [3.63, 3.8) is 0 Å². The molecule has 0 spiro atoms. The Morgan fingerprint density at radius 2 is 2.50 bits per heavy atom. The van der Waals surface area contributed by atoms with E-state index in [1.807, 2.05) is 5.38 Å². The van der Waals surface area contributed by atoms with Gasteiger partial charge in [-0.05, 0) is 11.4 Å². The van der Waals surface area contributed by atoms with Crippen LogP contribution < -0.4 is 11.1 Å². The van der Waals surface area contributed by atoms with Gasteiger partial charge in [0.15, 0.2) is 5.82 Å². The van der Waals surface area contributed by atoms with Crippen LogP contribution in [-0.4, -0.2) is 33.1 Å². The molecule has 0 atom stereocenters. The summed E-state index contributed by atoms with van der Waals surface area (Å²) in [6.45, 7) is 0.483. The van der Waals surface area contributed by atoms with Crippen LogP contribution in [0.3, 0.4) is 0 Å². The average Bonchev–Trinajstić information content (AvgIpc) is 3.04. The number of H-pyrrole nitrogens is 1. The number of amides is 1. The van der Waals surface area contributed by atoms with Gasteiger partial charge in [0.25, 0.3) is 5.91 Å². The number of hydrogen-bond acceptors (Lipinski definition) is 6. The van der Waals surface area contributed by atoms with Crippen LogP contribution in [0.1, 0.15) is 21.1 Å². The van der Waals surface area contributed by atoms with Crippen molar-refractivity contribution in [2.75, 3.05) is 6.54 Å². The number of thiophene rings is 1. The quantitative estimate of drug-likeness (QED) is 0.646. The normalized spacial score (nSPS) is 9.61. The van der Waals surface area contributed by atoms with Crippen LogP contribution in [0.2, 0.25) is 0 Å². The van der Waals surface area contributed by atoms with E-state index in [1.165, 1.54) is 11.3 Å². The van der Waals surface area contributed by atoms with Gasteiger partial charge in [-0.25, -0.2) is 0 Å². The Morgan fingerprint density at radius 1 is 1.61 bits per heavy atom. The van der Waals surface area contributed by atoms with Crippen molar-refractivity contribution in [3.8, 4) is 11.8 Å². The van der Waals surface area contributed by atoms with Crippen LogP contribution in [-0.2, 0) is 6.54 Å². The molecule has 7 nitrogen and oxygen atoms in total. The second-order valence-electron chi connectivity index (χ2n) is 3.18. The monoisotopic (exact) mass is 262 g/mol. The Bertz CT molecular complexity index is 579. The minimum atomic E-state index is -0.212. The van der Waals surface area contributed by atoms with Gasteiger partial charge in [-0.3, -0.25) is 4.79 Å². The lowest BCUT2D eigenvalue weighted by molar-refractivity contribution is 0.0954. The Hall–Kier alpha value is -2.24. The summed E-state index contributed by atoms with van der Waals surface area (Å²) in [6, 6.07) is 1.79. The summed E-state index contributed by atoms with van der Waals surface area (Å²) in [5.74, 6) is 5.79. The molecule has 0 unspecified atom stereocenters. The minimum Gasteiger partial charge on any atom is -0.344 e. The van der Waals surface area contributed by atoms with Crippen LogP contribution >= 0.6 is 11.3 Å². The maximum atomic E-state index is 11.9. The van der Waals surface area contributed by atoms with Gasteiger partial charge in [0, 0.05) is 5.56 Å². The lowest BCUT2D eigenvalue weighted by Gasteiger charge is -2.00. The molecule has 8 heteroatoms. The van der Waals surface area contributed by atoms with Crippen molar-refractivity contribution < 1.29 is 4.79 Å². The first-order valence-electron chi connectivity index (χ1n) is 5.08. The number of carbonyl (C=O) groups is 1. The molecule has 2 rings (SSSR count). The van der Waals surface area contributed by atoms with Gasteiger partial charge in [0.2, 0.25) is 0 Å². The zero-order valence-corrected chi connectivity index (χ0v) is 10.1. The third-order valence-electron chi connectivity index (χ3n) is 1.99. The fraction of sp³-hybridized carbons (Fsp3) is 0.200. The molecule has 0 aliphatic rings. The highest BCUT2D eigenvalue weighted by molar-refractivity contribution is 7.12. The molecule has 1 amide bonds. The molecule has 0 aromatic carbocycles. The van der Waals surface area contributed by atoms with Gasteiger partial charge in [-0.15, -0.1) is 21.5 Å². The number of aromatic nitrogens is 4. The molecule has 2 heterocycles. The number of nitrogens with two attached hydrogens (primary N) is 1. The number of aromatic amines is 1. The van der Waals surface area contributed by atoms with Crippen molar-refractivity contribution in [1.29, 1.82) is 0 Å². The number of hydrogen-bond donors (Lipinski definition) is 3. The summed E-state index contributed by atoms with van der Waals surface area (Å²) in [4.78, 5) is 12.5.